The van der Waals surface area contributed by atoms with Gasteiger partial charge in [-0.05, 0) is 36.6 Å². The zero-order valence-electron chi connectivity index (χ0n) is 16.9. The lowest BCUT2D eigenvalue weighted by atomic mass is 10.1. The van der Waals surface area contributed by atoms with Gasteiger partial charge in [0.15, 0.2) is 16.7 Å². The van der Waals surface area contributed by atoms with Crippen molar-refractivity contribution in [2.45, 2.75) is 24.9 Å². The molecule has 0 fully saturated rings. The number of fused-ring (bicyclic) bond motifs is 1. The highest BCUT2D eigenvalue weighted by atomic mass is 32.2. The number of aryl methyl sites for hydroxylation is 1. The zero-order valence-corrected chi connectivity index (χ0v) is 17.8. The van der Waals surface area contributed by atoms with Crippen LogP contribution in [-0.4, -0.2) is 41.4 Å². The van der Waals surface area contributed by atoms with Crippen LogP contribution in [0.4, 0.5) is 0 Å². The van der Waals surface area contributed by atoms with E-state index in [1.54, 1.807) is 0 Å². The van der Waals surface area contributed by atoms with Crippen LogP contribution in [0.2, 0.25) is 0 Å². The molecular formula is C23H25N3O3S. The molecule has 2 N–H and O–H groups in total. The van der Waals surface area contributed by atoms with Crippen LogP contribution in [0, 0.1) is 6.92 Å². The fraction of sp³-hybridized carbons (Fsp3) is 0.304. The Morgan fingerprint density at radius 1 is 1.10 bits per heavy atom. The highest BCUT2D eigenvalue weighted by Crippen LogP contribution is 2.30. The third-order valence-electron chi connectivity index (χ3n) is 4.86. The molecule has 1 aliphatic rings. The molecule has 30 heavy (non-hydrogen) atoms. The van der Waals surface area contributed by atoms with E-state index >= 15 is 0 Å². The summed E-state index contributed by atoms with van der Waals surface area (Å²) in [5, 5.41) is 3.75. The fourth-order valence-electron chi connectivity index (χ4n) is 3.27. The first-order chi connectivity index (χ1) is 14.7. The van der Waals surface area contributed by atoms with Crippen LogP contribution in [0.15, 0.2) is 53.7 Å². The summed E-state index contributed by atoms with van der Waals surface area (Å²) in [7, 11) is 0. The molecule has 0 atom stereocenters. The fourth-order valence-corrected chi connectivity index (χ4v) is 4.04. The van der Waals surface area contributed by atoms with E-state index in [4.69, 9.17) is 9.47 Å². The molecule has 2 aromatic carbocycles. The van der Waals surface area contributed by atoms with Crippen molar-refractivity contribution >= 4 is 17.7 Å². The third-order valence-corrected chi connectivity index (χ3v) is 5.73. The number of nitrogens with one attached hydrogen (secondary N) is 2. The predicted octanol–water partition coefficient (Wildman–Crippen LogP) is 3.53. The number of rotatable bonds is 8. The summed E-state index contributed by atoms with van der Waals surface area (Å²) in [6.07, 6.45) is 1.53. The molecule has 4 rings (SSSR count). The van der Waals surface area contributed by atoms with Crippen LogP contribution in [0.25, 0.3) is 0 Å². The average molecular weight is 424 g/mol. The minimum absolute atomic E-state index is 0.00351. The van der Waals surface area contributed by atoms with Gasteiger partial charge in [-0.1, -0.05) is 48.2 Å². The second kappa shape index (κ2) is 9.71. The van der Waals surface area contributed by atoms with Gasteiger partial charge in [0.05, 0.1) is 11.4 Å². The van der Waals surface area contributed by atoms with Gasteiger partial charge < -0.3 is 19.8 Å². The molecule has 0 saturated carbocycles. The Morgan fingerprint density at radius 3 is 2.73 bits per heavy atom. The molecule has 7 heteroatoms. The largest absolute Gasteiger partial charge is 0.486 e. The Labute approximate surface area is 180 Å². The predicted molar refractivity (Wildman–Crippen MR) is 117 cm³/mol. The van der Waals surface area contributed by atoms with Gasteiger partial charge in [-0.3, -0.25) is 4.79 Å². The van der Waals surface area contributed by atoms with E-state index in [1.807, 2.05) is 43.3 Å². The van der Waals surface area contributed by atoms with Gasteiger partial charge in [0.1, 0.15) is 13.2 Å². The third kappa shape index (κ3) is 5.36. The summed E-state index contributed by atoms with van der Waals surface area (Å²) in [6, 6.07) is 16.2. The number of hydrogen-bond acceptors (Lipinski definition) is 5. The Bertz CT molecular complexity index is 1000. The number of imidazole rings is 1. The van der Waals surface area contributed by atoms with Crippen molar-refractivity contribution in [1.29, 1.82) is 0 Å². The van der Waals surface area contributed by atoms with Crippen molar-refractivity contribution in [2.75, 3.05) is 25.5 Å². The lowest BCUT2D eigenvalue weighted by Crippen LogP contribution is -2.27. The standard InChI is InChI=1S/C23H25N3O3S/c1-16-19(13-17-5-3-2-4-6-17)26-23(25-16)30-15-22(27)24-10-9-18-7-8-20-21(14-18)29-12-11-28-20/h2-8,14H,9-13,15H2,1H3,(H,24,27)(H,25,26). The van der Waals surface area contributed by atoms with Gasteiger partial charge in [0, 0.05) is 18.7 Å². The first-order valence-corrected chi connectivity index (χ1v) is 11.0. The number of carbonyl (C=O) groups is 1. The normalized spacial score (nSPS) is 12.6. The van der Waals surface area contributed by atoms with Crippen molar-refractivity contribution in [3.63, 3.8) is 0 Å². The molecule has 0 bridgehead atoms. The lowest BCUT2D eigenvalue weighted by Gasteiger charge is -2.18. The molecule has 1 aromatic heterocycles. The summed E-state index contributed by atoms with van der Waals surface area (Å²) >= 11 is 1.42. The number of H-pyrrole nitrogens is 1. The highest BCUT2D eigenvalue weighted by Gasteiger charge is 2.12. The number of amides is 1. The number of aromatic nitrogens is 2. The number of ether oxygens (including phenoxy) is 2. The van der Waals surface area contributed by atoms with E-state index in [2.05, 4.69) is 27.4 Å². The first kappa shape index (κ1) is 20.3. The molecule has 3 aromatic rings. The summed E-state index contributed by atoms with van der Waals surface area (Å²) < 4.78 is 11.1. The minimum atomic E-state index is -0.00351. The zero-order chi connectivity index (χ0) is 20.8. The maximum absolute atomic E-state index is 12.2. The maximum Gasteiger partial charge on any atom is 0.230 e. The van der Waals surface area contributed by atoms with Crippen molar-refractivity contribution in [3.8, 4) is 11.5 Å². The van der Waals surface area contributed by atoms with Gasteiger partial charge in [-0.15, -0.1) is 0 Å². The van der Waals surface area contributed by atoms with Gasteiger partial charge in [0.2, 0.25) is 5.91 Å². The van der Waals surface area contributed by atoms with E-state index in [0.29, 0.717) is 25.5 Å². The molecule has 6 nitrogen and oxygen atoms in total. The van der Waals surface area contributed by atoms with E-state index < -0.39 is 0 Å². The Hall–Kier alpha value is -2.93. The molecule has 0 unspecified atom stereocenters. The molecule has 0 radical (unpaired) electrons. The van der Waals surface area contributed by atoms with Gasteiger partial charge in [0.25, 0.3) is 0 Å². The quantitative estimate of drug-likeness (QED) is 0.542. The molecule has 156 valence electrons. The molecule has 0 aliphatic carbocycles. The van der Waals surface area contributed by atoms with E-state index in [9.17, 15) is 4.79 Å². The number of benzene rings is 2. The molecule has 0 saturated heterocycles. The molecule has 2 heterocycles. The Balaban J connectivity index is 1.22. The Kier molecular flexibility index (Phi) is 6.59. The van der Waals surface area contributed by atoms with Crippen LogP contribution in [-0.2, 0) is 17.6 Å². The number of carbonyl (C=O) groups excluding carboxylic acids is 1. The summed E-state index contributed by atoms with van der Waals surface area (Å²) in [5.41, 5.74) is 4.39. The second-order valence-corrected chi connectivity index (χ2v) is 8.11. The van der Waals surface area contributed by atoms with E-state index in [0.717, 1.165) is 46.4 Å². The number of hydrogen-bond donors (Lipinski definition) is 2. The Morgan fingerprint density at radius 2 is 1.90 bits per heavy atom. The monoisotopic (exact) mass is 423 g/mol. The maximum atomic E-state index is 12.2. The minimum Gasteiger partial charge on any atom is -0.486 e. The summed E-state index contributed by atoms with van der Waals surface area (Å²) in [6.45, 7) is 3.75. The topological polar surface area (TPSA) is 76.2 Å². The summed E-state index contributed by atoms with van der Waals surface area (Å²) in [4.78, 5) is 20.1. The van der Waals surface area contributed by atoms with Crippen molar-refractivity contribution in [1.82, 2.24) is 15.3 Å². The van der Waals surface area contributed by atoms with Gasteiger partial charge >= 0.3 is 0 Å². The van der Waals surface area contributed by atoms with Gasteiger partial charge in [-0.25, -0.2) is 4.98 Å². The van der Waals surface area contributed by atoms with Crippen molar-refractivity contribution < 1.29 is 14.3 Å². The van der Waals surface area contributed by atoms with E-state index in [1.165, 1.54) is 17.3 Å². The molecule has 0 spiro atoms. The number of aromatic amines is 1. The van der Waals surface area contributed by atoms with Crippen LogP contribution in [0.3, 0.4) is 0 Å². The highest BCUT2D eigenvalue weighted by molar-refractivity contribution is 7.99. The van der Waals surface area contributed by atoms with E-state index in [-0.39, 0.29) is 5.91 Å². The van der Waals surface area contributed by atoms with Crippen LogP contribution < -0.4 is 14.8 Å². The second-order valence-electron chi connectivity index (χ2n) is 7.14. The number of nitrogens with zero attached hydrogens (tertiary/aromatic N) is 1. The number of thioether (sulfide) groups is 1. The van der Waals surface area contributed by atoms with Crippen molar-refractivity contribution in [3.05, 3.63) is 71.0 Å². The van der Waals surface area contributed by atoms with Crippen LogP contribution >= 0.6 is 11.8 Å². The van der Waals surface area contributed by atoms with Gasteiger partial charge in [-0.2, -0.15) is 0 Å². The average Bonchev–Trinajstić information content (AvgIpc) is 3.12. The lowest BCUT2D eigenvalue weighted by molar-refractivity contribution is -0.118. The SMILES string of the molecule is Cc1[nH]c(SCC(=O)NCCc2ccc3c(c2)OCCO3)nc1Cc1ccccc1. The van der Waals surface area contributed by atoms with Crippen LogP contribution in [0.1, 0.15) is 22.5 Å². The molecule has 1 amide bonds. The van der Waals surface area contributed by atoms with Crippen molar-refractivity contribution in [2.24, 2.45) is 0 Å². The molecule has 1 aliphatic heterocycles. The first-order valence-electron chi connectivity index (χ1n) is 10.0. The smallest absolute Gasteiger partial charge is 0.230 e. The molecular weight excluding hydrogens is 398 g/mol. The summed E-state index contributed by atoms with van der Waals surface area (Å²) in [5.74, 6) is 1.89. The van der Waals surface area contributed by atoms with Crippen LogP contribution in [0.5, 0.6) is 11.5 Å².